The molecule has 0 atom stereocenters. The Balaban J connectivity index is 2.06. The van der Waals surface area contributed by atoms with Crippen molar-refractivity contribution in [3.63, 3.8) is 0 Å². The molecule has 0 bridgehead atoms. The Bertz CT molecular complexity index is 804. The number of aromatic nitrogens is 1. The molecule has 1 aromatic carbocycles. The van der Waals surface area contributed by atoms with E-state index in [-0.39, 0.29) is 10.8 Å². The van der Waals surface area contributed by atoms with Gasteiger partial charge in [0.25, 0.3) is 0 Å². The molecule has 0 amide bonds. The lowest BCUT2D eigenvalue weighted by molar-refractivity contribution is 0.358. The first-order valence-corrected chi connectivity index (χ1v) is 11.6. The summed E-state index contributed by atoms with van der Waals surface area (Å²) in [6, 6.07) is 7.16. The van der Waals surface area contributed by atoms with E-state index in [0.717, 1.165) is 9.87 Å². The van der Waals surface area contributed by atoms with E-state index in [4.69, 9.17) is 12.2 Å². The molecule has 1 aliphatic carbocycles. The number of rotatable bonds is 3. The monoisotopic (exact) mass is 401 g/mol. The topological polar surface area (TPSA) is 15.8 Å². The van der Waals surface area contributed by atoms with Crippen LogP contribution in [0.4, 0.5) is 0 Å². The first kappa shape index (κ1) is 20.8. The van der Waals surface area contributed by atoms with Crippen molar-refractivity contribution < 1.29 is 0 Å². The zero-order chi connectivity index (χ0) is 19.8. The molecule has 2 aromatic rings. The van der Waals surface area contributed by atoms with Crippen LogP contribution in [-0.2, 0) is 17.3 Å². The lowest BCUT2D eigenvalue weighted by atomic mass is 9.79. The van der Waals surface area contributed by atoms with Gasteiger partial charge in [0, 0.05) is 4.88 Å². The van der Waals surface area contributed by atoms with E-state index >= 15 is 0 Å². The second-order valence-corrected chi connectivity index (χ2v) is 12.1. The molecule has 0 radical (unpaired) electrons. The number of nitrogens with one attached hydrogen (secondary N) is 1. The van der Waals surface area contributed by atoms with Crippen LogP contribution in [0.5, 0.6) is 0 Å². The number of hydrogen-bond donors (Lipinski definition) is 1. The maximum absolute atomic E-state index is 5.56. The highest BCUT2D eigenvalue weighted by molar-refractivity contribution is 7.73. The second-order valence-electron chi connectivity index (χ2n) is 10.3. The number of thiazole rings is 1. The molecule has 1 heterocycles. The van der Waals surface area contributed by atoms with Gasteiger partial charge in [-0.2, -0.15) is 0 Å². The molecule has 0 unspecified atom stereocenters. The molecule has 0 spiro atoms. The fourth-order valence-electron chi connectivity index (χ4n) is 4.03. The Kier molecular flexibility index (Phi) is 6.03. The van der Waals surface area contributed by atoms with Gasteiger partial charge in [-0.1, -0.05) is 79.7 Å². The summed E-state index contributed by atoms with van der Waals surface area (Å²) < 4.78 is 0.911. The Hall–Kier alpha value is -0.930. The van der Waals surface area contributed by atoms with Gasteiger partial charge in [0.05, 0.1) is 5.69 Å². The van der Waals surface area contributed by atoms with Crippen molar-refractivity contribution in [3.05, 3.63) is 38.2 Å². The average molecular weight is 402 g/mol. The van der Waals surface area contributed by atoms with Crippen molar-refractivity contribution in [3.8, 4) is 11.3 Å². The fraction of sp³-hybridized carbons (Fsp3) is 0.625. The molecule has 0 saturated heterocycles. The highest BCUT2D eigenvalue weighted by atomic mass is 32.1. The van der Waals surface area contributed by atoms with Crippen LogP contribution in [0.1, 0.15) is 89.7 Å². The molecule has 1 N–H and O–H groups in total. The van der Waals surface area contributed by atoms with E-state index in [9.17, 15) is 0 Å². The predicted molar refractivity (Wildman–Crippen MR) is 123 cm³/mol. The van der Waals surface area contributed by atoms with Crippen molar-refractivity contribution in [2.45, 2.75) is 90.9 Å². The molecule has 1 nitrogen and oxygen atoms in total. The van der Waals surface area contributed by atoms with Gasteiger partial charge in [-0.15, -0.1) is 11.3 Å². The molecule has 1 fully saturated rings. The van der Waals surface area contributed by atoms with Gasteiger partial charge >= 0.3 is 0 Å². The summed E-state index contributed by atoms with van der Waals surface area (Å²) in [7, 11) is 0. The summed E-state index contributed by atoms with van der Waals surface area (Å²) in [6.45, 7) is 13.8. The summed E-state index contributed by atoms with van der Waals surface area (Å²) >= 11 is 7.35. The van der Waals surface area contributed by atoms with Gasteiger partial charge in [-0.25, -0.2) is 0 Å². The zero-order valence-electron chi connectivity index (χ0n) is 17.9. The highest BCUT2D eigenvalue weighted by Crippen LogP contribution is 2.37. The van der Waals surface area contributed by atoms with Crippen LogP contribution >= 0.6 is 23.6 Å². The van der Waals surface area contributed by atoms with Crippen molar-refractivity contribution in [2.24, 2.45) is 5.92 Å². The van der Waals surface area contributed by atoms with Crippen LogP contribution in [0.3, 0.4) is 0 Å². The fourth-order valence-corrected chi connectivity index (χ4v) is 5.40. The molecule has 1 aromatic heterocycles. The van der Waals surface area contributed by atoms with Crippen LogP contribution in [-0.4, -0.2) is 4.98 Å². The first-order valence-electron chi connectivity index (χ1n) is 10.4. The summed E-state index contributed by atoms with van der Waals surface area (Å²) in [5, 5.41) is 0. The minimum atomic E-state index is 0.131. The first-order chi connectivity index (χ1) is 12.5. The third-order valence-electron chi connectivity index (χ3n) is 5.87. The minimum Gasteiger partial charge on any atom is -0.337 e. The number of aromatic amines is 1. The van der Waals surface area contributed by atoms with Gasteiger partial charge in [-0.3, -0.25) is 0 Å². The third kappa shape index (κ3) is 5.12. The second kappa shape index (κ2) is 7.83. The standard InChI is InChI=1S/C24H35NS2/c1-23(2,3)18-13-17(14-19(15-18)24(4,5)6)21-20(27-22(26)25-21)12-16-10-8-7-9-11-16/h13-16H,7-12H2,1-6H3,(H,25,26). The molecule has 1 saturated carbocycles. The smallest absolute Gasteiger partial charge is 0.159 e. The van der Waals surface area contributed by atoms with Crippen molar-refractivity contribution in [1.82, 2.24) is 4.98 Å². The maximum Gasteiger partial charge on any atom is 0.159 e. The van der Waals surface area contributed by atoms with E-state index in [0.29, 0.717) is 0 Å². The Morgan fingerprint density at radius 3 is 2.00 bits per heavy atom. The van der Waals surface area contributed by atoms with Gasteiger partial charge in [0.1, 0.15) is 0 Å². The maximum atomic E-state index is 5.56. The van der Waals surface area contributed by atoms with Crippen LogP contribution in [0.2, 0.25) is 0 Å². The SMILES string of the molecule is CC(C)(C)c1cc(-c2[nH]c(=S)sc2CC2CCCCC2)cc(C(C)(C)C)c1. The lowest BCUT2D eigenvalue weighted by Crippen LogP contribution is -2.16. The minimum absolute atomic E-state index is 0.131. The van der Waals surface area contributed by atoms with Crippen LogP contribution in [0.15, 0.2) is 18.2 Å². The zero-order valence-corrected chi connectivity index (χ0v) is 19.5. The van der Waals surface area contributed by atoms with Crippen molar-refractivity contribution >= 4 is 23.6 Å². The molecule has 3 heteroatoms. The molecule has 0 aliphatic heterocycles. The quantitative estimate of drug-likeness (QED) is 0.512. The number of benzene rings is 1. The van der Waals surface area contributed by atoms with E-state index < -0.39 is 0 Å². The number of H-pyrrole nitrogens is 1. The summed E-state index contributed by atoms with van der Waals surface area (Å²) in [4.78, 5) is 5.00. The van der Waals surface area contributed by atoms with Gasteiger partial charge in [-0.05, 0) is 64.2 Å². The Morgan fingerprint density at radius 2 is 1.48 bits per heavy atom. The third-order valence-corrected chi connectivity index (χ3v) is 7.13. The summed E-state index contributed by atoms with van der Waals surface area (Å²) in [5.41, 5.74) is 5.65. The van der Waals surface area contributed by atoms with Crippen LogP contribution < -0.4 is 0 Å². The molecular formula is C24H35NS2. The average Bonchev–Trinajstić information content (AvgIpc) is 2.94. The molecular weight excluding hydrogens is 366 g/mol. The van der Waals surface area contributed by atoms with E-state index in [1.54, 1.807) is 11.3 Å². The van der Waals surface area contributed by atoms with Gasteiger partial charge in [0.2, 0.25) is 0 Å². The van der Waals surface area contributed by atoms with Crippen LogP contribution in [0.25, 0.3) is 11.3 Å². The van der Waals surface area contributed by atoms with E-state index in [2.05, 4.69) is 64.7 Å². The Morgan fingerprint density at radius 1 is 0.926 bits per heavy atom. The van der Waals surface area contributed by atoms with Gasteiger partial charge < -0.3 is 4.98 Å². The van der Waals surface area contributed by atoms with E-state index in [1.165, 1.54) is 65.8 Å². The number of hydrogen-bond acceptors (Lipinski definition) is 2. The molecule has 3 rings (SSSR count). The van der Waals surface area contributed by atoms with Gasteiger partial charge in [0.15, 0.2) is 3.95 Å². The normalized spacial score (nSPS) is 16.7. The molecule has 27 heavy (non-hydrogen) atoms. The lowest BCUT2D eigenvalue weighted by Gasteiger charge is -2.26. The van der Waals surface area contributed by atoms with Crippen molar-refractivity contribution in [1.29, 1.82) is 0 Å². The molecule has 148 valence electrons. The Labute approximate surface area is 174 Å². The highest BCUT2D eigenvalue weighted by Gasteiger charge is 2.23. The van der Waals surface area contributed by atoms with E-state index in [1.807, 2.05) is 0 Å². The van der Waals surface area contributed by atoms with Crippen molar-refractivity contribution in [2.75, 3.05) is 0 Å². The summed E-state index contributed by atoms with van der Waals surface area (Å²) in [5.74, 6) is 0.826. The van der Waals surface area contributed by atoms with Crippen LogP contribution in [0, 0.1) is 9.87 Å². The predicted octanol–water partition coefficient (Wildman–Crippen LogP) is 8.19. The largest absolute Gasteiger partial charge is 0.337 e. The molecule has 1 aliphatic rings. The summed E-state index contributed by atoms with van der Waals surface area (Å²) in [6.07, 6.45) is 8.12.